The Morgan fingerprint density at radius 3 is 2.15 bits per heavy atom. The quantitative estimate of drug-likeness (QED) is 0.799. The lowest BCUT2D eigenvalue weighted by Gasteiger charge is -2.30. The van der Waals surface area contributed by atoms with Gasteiger partial charge in [-0.3, -0.25) is 4.79 Å². The third kappa shape index (κ3) is 3.55. The summed E-state index contributed by atoms with van der Waals surface area (Å²) in [6, 6.07) is 5.35. The molecule has 0 radical (unpaired) electrons. The van der Waals surface area contributed by atoms with Crippen LogP contribution in [-0.4, -0.2) is 25.1 Å². The molecule has 0 aliphatic heterocycles. The summed E-state index contributed by atoms with van der Waals surface area (Å²) in [6.07, 6.45) is 9.02. The molecule has 0 aromatic heterocycles. The highest BCUT2D eigenvalue weighted by Crippen LogP contribution is 2.41. The number of aryl methyl sites for hydroxylation is 2. The van der Waals surface area contributed by atoms with Crippen LogP contribution < -0.4 is 5.32 Å². The first-order valence-corrected chi connectivity index (χ1v) is 11.5. The molecule has 1 amide bonds. The van der Waals surface area contributed by atoms with Gasteiger partial charge in [0.2, 0.25) is 5.91 Å². The molecule has 0 unspecified atom stereocenters. The Kier molecular flexibility index (Phi) is 5.75. The van der Waals surface area contributed by atoms with E-state index in [0.717, 1.165) is 49.7 Å². The van der Waals surface area contributed by atoms with Gasteiger partial charge in [-0.25, -0.2) is 8.42 Å². The van der Waals surface area contributed by atoms with Gasteiger partial charge in [-0.05, 0) is 62.8 Å². The average molecular weight is 378 g/mol. The molecule has 144 valence electrons. The summed E-state index contributed by atoms with van der Waals surface area (Å²) in [5, 5.41) is 3.13. The fraction of sp³-hybridized carbons (Fsp3) is 0.667. The van der Waals surface area contributed by atoms with Gasteiger partial charge in [0.1, 0.15) is 0 Å². The van der Waals surface area contributed by atoms with E-state index in [4.69, 9.17) is 0 Å². The minimum Gasteiger partial charge on any atom is -0.352 e. The molecule has 0 saturated heterocycles. The molecule has 1 aromatic rings. The zero-order valence-electron chi connectivity index (χ0n) is 16.0. The van der Waals surface area contributed by atoms with Crippen molar-refractivity contribution in [2.75, 3.05) is 0 Å². The largest absolute Gasteiger partial charge is 0.352 e. The van der Waals surface area contributed by atoms with Crippen molar-refractivity contribution in [3.05, 3.63) is 29.3 Å². The van der Waals surface area contributed by atoms with Gasteiger partial charge in [0.05, 0.1) is 4.90 Å². The second-order valence-electron chi connectivity index (χ2n) is 8.11. The monoisotopic (exact) mass is 377 g/mol. The maximum atomic E-state index is 13.5. The highest BCUT2D eigenvalue weighted by molar-refractivity contribution is 7.93. The van der Waals surface area contributed by atoms with Crippen LogP contribution in [0.4, 0.5) is 0 Å². The molecular weight excluding hydrogens is 346 g/mol. The van der Waals surface area contributed by atoms with Crippen LogP contribution in [0, 0.1) is 13.8 Å². The SMILES string of the molecule is Cc1ccc(S(=O)(=O)C2(C(=O)NC3CCCCCC3)CCCC2)cc1C. The molecule has 0 atom stereocenters. The Bertz CT molecular complexity index is 755. The van der Waals surface area contributed by atoms with E-state index in [1.165, 1.54) is 12.8 Å². The van der Waals surface area contributed by atoms with Crippen molar-refractivity contribution < 1.29 is 13.2 Å². The van der Waals surface area contributed by atoms with Gasteiger partial charge in [0, 0.05) is 6.04 Å². The zero-order chi connectivity index (χ0) is 18.8. The van der Waals surface area contributed by atoms with E-state index in [2.05, 4.69) is 5.32 Å². The second kappa shape index (κ2) is 7.71. The van der Waals surface area contributed by atoms with E-state index in [0.29, 0.717) is 17.7 Å². The van der Waals surface area contributed by atoms with Gasteiger partial charge in [-0.1, -0.05) is 44.6 Å². The number of carbonyl (C=O) groups excluding carboxylic acids is 1. The Morgan fingerprint density at radius 1 is 0.962 bits per heavy atom. The highest BCUT2D eigenvalue weighted by Gasteiger charge is 2.53. The normalized spacial score (nSPS) is 21.3. The average Bonchev–Trinajstić information content (AvgIpc) is 2.99. The van der Waals surface area contributed by atoms with Crippen LogP contribution in [0.1, 0.15) is 75.3 Å². The van der Waals surface area contributed by atoms with Gasteiger partial charge >= 0.3 is 0 Å². The number of benzene rings is 1. The molecule has 5 heteroatoms. The lowest BCUT2D eigenvalue weighted by atomic mass is 10.0. The Labute approximate surface area is 157 Å². The molecule has 2 saturated carbocycles. The molecule has 26 heavy (non-hydrogen) atoms. The molecule has 1 aromatic carbocycles. The van der Waals surface area contributed by atoms with Crippen molar-refractivity contribution in [1.29, 1.82) is 0 Å². The van der Waals surface area contributed by atoms with Crippen LogP contribution in [0.2, 0.25) is 0 Å². The second-order valence-corrected chi connectivity index (χ2v) is 10.4. The lowest BCUT2D eigenvalue weighted by Crippen LogP contribution is -2.53. The lowest BCUT2D eigenvalue weighted by molar-refractivity contribution is -0.124. The fourth-order valence-electron chi connectivity index (χ4n) is 4.41. The molecule has 2 fully saturated rings. The summed E-state index contributed by atoms with van der Waals surface area (Å²) in [5.41, 5.74) is 2.01. The molecule has 2 aliphatic carbocycles. The molecule has 4 nitrogen and oxygen atoms in total. The van der Waals surface area contributed by atoms with E-state index in [9.17, 15) is 13.2 Å². The molecule has 0 spiro atoms. The van der Waals surface area contributed by atoms with Gasteiger partial charge in [-0.2, -0.15) is 0 Å². The number of amides is 1. The third-order valence-corrected chi connectivity index (χ3v) is 8.82. The molecule has 3 rings (SSSR count). The van der Waals surface area contributed by atoms with E-state index in [1.807, 2.05) is 19.9 Å². The van der Waals surface area contributed by atoms with Crippen LogP contribution in [0.15, 0.2) is 23.1 Å². The number of carbonyl (C=O) groups is 1. The van der Waals surface area contributed by atoms with Crippen molar-refractivity contribution in [2.45, 2.75) is 93.7 Å². The van der Waals surface area contributed by atoms with E-state index >= 15 is 0 Å². The summed E-state index contributed by atoms with van der Waals surface area (Å²) in [6.45, 7) is 3.89. The summed E-state index contributed by atoms with van der Waals surface area (Å²) < 4.78 is 25.7. The van der Waals surface area contributed by atoms with Crippen molar-refractivity contribution in [3.8, 4) is 0 Å². The Balaban J connectivity index is 1.90. The van der Waals surface area contributed by atoms with E-state index in [1.54, 1.807) is 12.1 Å². The summed E-state index contributed by atoms with van der Waals surface area (Å²) >= 11 is 0. The molecule has 0 bridgehead atoms. The molecular formula is C21H31NO3S. The number of rotatable bonds is 4. The number of nitrogens with one attached hydrogen (secondary N) is 1. The highest BCUT2D eigenvalue weighted by atomic mass is 32.2. The van der Waals surface area contributed by atoms with Gasteiger partial charge < -0.3 is 5.32 Å². The van der Waals surface area contributed by atoms with Gasteiger partial charge in [0.15, 0.2) is 14.6 Å². The zero-order valence-corrected chi connectivity index (χ0v) is 16.8. The van der Waals surface area contributed by atoms with Crippen molar-refractivity contribution in [2.24, 2.45) is 0 Å². The fourth-order valence-corrected chi connectivity index (χ4v) is 6.57. The standard InChI is InChI=1S/C21H31NO3S/c1-16-11-12-19(15-17(16)2)26(24,25)21(13-7-8-14-21)20(23)22-18-9-5-3-4-6-10-18/h11-12,15,18H,3-10,13-14H2,1-2H3,(H,22,23). The smallest absolute Gasteiger partial charge is 0.242 e. The van der Waals surface area contributed by atoms with Gasteiger partial charge in [-0.15, -0.1) is 0 Å². The summed E-state index contributed by atoms with van der Waals surface area (Å²) in [7, 11) is -3.71. The number of hydrogen-bond acceptors (Lipinski definition) is 3. The Hall–Kier alpha value is -1.36. The van der Waals surface area contributed by atoms with Gasteiger partial charge in [0.25, 0.3) is 0 Å². The van der Waals surface area contributed by atoms with E-state index < -0.39 is 14.6 Å². The first kappa shape index (κ1) is 19.4. The van der Waals surface area contributed by atoms with Crippen LogP contribution >= 0.6 is 0 Å². The predicted octanol–water partition coefficient (Wildman–Crippen LogP) is 4.23. The van der Waals surface area contributed by atoms with Crippen LogP contribution in [-0.2, 0) is 14.6 Å². The van der Waals surface area contributed by atoms with Crippen LogP contribution in [0.25, 0.3) is 0 Å². The number of sulfone groups is 1. The van der Waals surface area contributed by atoms with E-state index in [-0.39, 0.29) is 11.9 Å². The minimum atomic E-state index is -3.71. The van der Waals surface area contributed by atoms with Crippen molar-refractivity contribution in [3.63, 3.8) is 0 Å². The van der Waals surface area contributed by atoms with Crippen molar-refractivity contribution in [1.82, 2.24) is 5.32 Å². The maximum Gasteiger partial charge on any atom is 0.242 e. The first-order chi connectivity index (χ1) is 12.4. The molecule has 0 heterocycles. The molecule has 1 N–H and O–H groups in total. The van der Waals surface area contributed by atoms with Crippen LogP contribution in [0.5, 0.6) is 0 Å². The summed E-state index contributed by atoms with van der Waals surface area (Å²) in [5.74, 6) is -0.264. The maximum absolute atomic E-state index is 13.5. The number of hydrogen-bond donors (Lipinski definition) is 1. The van der Waals surface area contributed by atoms with Crippen molar-refractivity contribution >= 4 is 15.7 Å². The molecule has 2 aliphatic rings. The third-order valence-electron chi connectivity index (χ3n) is 6.32. The first-order valence-electron chi connectivity index (χ1n) is 10.00. The topological polar surface area (TPSA) is 63.2 Å². The van der Waals surface area contributed by atoms with Crippen LogP contribution in [0.3, 0.4) is 0 Å². The summed E-state index contributed by atoms with van der Waals surface area (Å²) in [4.78, 5) is 13.5. The minimum absolute atomic E-state index is 0.123. The predicted molar refractivity (Wildman–Crippen MR) is 104 cm³/mol. The Morgan fingerprint density at radius 2 is 1.58 bits per heavy atom.